The van der Waals surface area contributed by atoms with Crippen LogP contribution in [0.15, 0.2) is 77.7 Å². The summed E-state index contributed by atoms with van der Waals surface area (Å²) in [6.45, 7) is 6.58. The van der Waals surface area contributed by atoms with Gasteiger partial charge in [-0.1, -0.05) is 53.5 Å². The van der Waals surface area contributed by atoms with Crippen LogP contribution in [0.4, 0.5) is 5.69 Å². The summed E-state index contributed by atoms with van der Waals surface area (Å²) < 4.78 is 28.7. The van der Waals surface area contributed by atoms with Gasteiger partial charge in [-0.3, -0.25) is 13.9 Å². The maximum atomic E-state index is 13.9. The van der Waals surface area contributed by atoms with E-state index in [0.717, 1.165) is 4.31 Å². The van der Waals surface area contributed by atoms with Gasteiger partial charge in [0, 0.05) is 22.6 Å². The summed E-state index contributed by atoms with van der Waals surface area (Å²) in [5, 5.41) is 3.70. The van der Waals surface area contributed by atoms with Gasteiger partial charge in [0.15, 0.2) is 0 Å². The molecule has 0 saturated carbocycles. The van der Waals surface area contributed by atoms with E-state index in [-0.39, 0.29) is 23.4 Å². The van der Waals surface area contributed by atoms with Crippen LogP contribution in [0.2, 0.25) is 10.0 Å². The molecule has 1 unspecified atom stereocenters. The van der Waals surface area contributed by atoms with Crippen LogP contribution in [0.3, 0.4) is 0 Å². The zero-order chi connectivity index (χ0) is 28.0. The number of rotatable bonds is 10. The molecule has 0 radical (unpaired) electrons. The third-order valence-electron chi connectivity index (χ3n) is 5.90. The number of hydrogen-bond donors (Lipinski definition) is 1. The van der Waals surface area contributed by atoms with Crippen molar-refractivity contribution < 1.29 is 18.0 Å². The van der Waals surface area contributed by atoms with Gasteiger partial charge in [-0.2, -0.15) is 0 Å². The molecule has 0 aliphatic heterocycles. The lowest BCUT2D eigenvalue weighted by Crippen LogP contribution is -2.52. The number of amides is 2. The number of carbonyl (C=O) groups excluding carboxylic acids is 2. The molecule has 0 aliphatic rings. The molecule has 3 aromatic carbocycles. The van der Waals surface area contributed by atoms with E-state index in [0.29, 0.717) is 26.9 Å². The van der Waals surface area contributed by atoms with Gasteiger partial charge in [-0.15, -0.1) is 0 Å². The van der Waals surface area contributed by atoms with E-state index >= 15 is 0 Å². The van der Waals surface area contributed by atoms with Gasteiger partial charge in [0.25, 0.3) is 10.0 Å². The molecule has 10 heteroatoms. The molecule has 7 nitrogen and oxygen atoms in total. The molecule has 0 aliphatic carbocycles. The summed E-state index contributed by atoms with van der Waals surface area (Å²) in [5.74, 6) is -0.893. The van der Waals surface area contributed by atoms with Crippen molar-refractivity contribution in [3.8, 4) is 0 Å². The van der Waals surface area contributed by atoms with Gasteiger partial charge in [0.05, 0.1) is 10.6 Å². The molecule has 3 aromatic rings. The van der Waals surface area contributed by atoms with Crippen molar-refractivity contribution in [2.24, 2.45) is 0 Å². The molecule has 0 fully saturated rings. The van der Waals surface area contributed by atoms with E-state index in [4.69, 9.17) is 23.2 Å². The first-order valence-corrected chi connectivity index (χ1v) is 14.3. The van der Waals surface area contributed by atoms with E-state index in [1.165, 1.54) is 29.2 Å². The molecule has 3 rings (SSSR count). The van der Waals surface area contributed by atoms with Crippen molar-refractivity contribution in [3.05, 3.63) is 94.0 Å². The zero-order valence-corrected chi connectivity index (χ0v) is 24.0. The lowest BCUT2D eigenvalue weighted by Gasteiger charge is -2.32. The van der Waals surface area contributed by atoms with Crippen LogP contribution in [0.5, 0.6) is 0 Å². The van der Waals surface area contributed by atoms with Gasteiger partial charge >= 0.3 is 0 Å². The number of para-hydroxylation sites is 1. The van der Waals surface area contributed by atoms with Crippen LogP contribution in [0.1, 0.15) is 31.9 Å². The Morgan fingerprint density at radius 3 is 2.16 bits per heavy atom. The van der Waals surface area contributed by atoms with Gasteiger partial charge in [-0.05, 0) is 81.3 Å². The fourth-order valence-electron chi connectivity index (χ4n) is 3.91. The van der Waals surface area contributed by atoms with Crippen molar-refractivity contribution in [1.29, 1.82) is 0 Å². The number of benzene rings is 3. The first-order valence-electron chi connectivity index (χ1n) is 12.1. The minimum Gasteiger partial charge on any atom is -0.352 e. The van der Waals surface area contributed by atoms with Crippen LogP contribution < -0.4 is 9.62 Å². The third-order valence-corrected chi connectivity index (χ3v) is 8.17. The Balaban J connectivity index is 2.05. The Hall–Kier alpha value is -3.07. The second-order valence-corrected chi connectivity index (χ2v) is 12.0. The number of carbonyl (C=O) groups is 2. The SMILES string of the molecule is Cc1ccccc1N(CC(=O)N(Cc1cccc(Cl)c1)C(C)C(=O)NC(C)C)S(=O)(=O)c1ccc(Cl)cc1. The van der Waals surface area contributed by atoms with Crippen molar-refractivity contribution in [2.45, 2.75) is 51.2 Å². The molecule has 0 spiro atoms. The average molecular weight is 577 g/mol. The van der Waals surface area contributed by atoms with E-state index in [1.807, 2.05) is 13.8 Å². The van der Waals surface area contributed by atoms with Crippen LogP contribution in [-0.4, -0.2) is 43.8 Å². The molecule has 0 saturated heterocycles. The summed E-state index contributed by atoms with van der Waals surface area (Å²) in [5.41, 5.74) is 1.74. The van der Waals surface area contributed by atoms with E-state index < -0.39 is 28.5 Å². The predicted molar refractivity (Wildman–Crippen MR) is 152 cm³/mol. The summed E-state index contributed by atoms with van der Waals surface area (Å²) in [7, 11) is -4.16. The van der Waals surface area contributed by atoms with Crippen LogP contribution in [0, 0.1) is 6.92 Å². The first kappa shape index (κ1) is 29.5. The highest BCUT2D eigenvalue weighted by molar-refractivity contribution is 7.92. The molecule has 0 heterocycles. The Morgan fingerprint density at radius 2 is 1.55 bits per heavy atom. The predicted octanol–water partition coefficient (Wildman–Crippen LogP) is 5.44. The molecule has 38 heavy (non-hydrogen) atoms. The monoisotopic (exact) mass is 575 g/mol. The van der Waals surface area contributed by atoms with E-state index in [2.05, 4.69) is 5.32 Å². The first-order chi connectivity index (χ1) is 17.9. The number of anilines is 1. The lowest BCUT2D eigenvalue weighted by atomic mass is 10.1. The standard InChI is InChI=1S/C28H31Cl2N3O4S/c1-19(2)31-28(35)21(4)32(17-22-9-7-10-24(30)16-22)27(34)18-33(26-11-6-5-8-20(26)3)38(36,37)25-14-12-23(29)13-15-25/h5-16,19,21H,17-18H2,1-4H3,(H,31,35). The molecule has 2 amide bonds. The van der Waals surface area contributed by atoms with Gasteiger partial charge in [-0.25, -0.2) is 8.42 Å². The average Bonchev–Trinajstić information content (AvgIpc) is 2.85. The Kier molecular flexibility index (Phi) is 9.82. The topological polar surface area (TPSA) is 86.8 Å². The largest absolute Gasteiger partial charge is 0.352 e. The molecular formula is C28H31Cl2N3O4S. The summed E-state index contributed by atoms with van der Waals surface area (Å²) in [6.07, 6.45) is 0. The normalized spacial score (nSPS) is 12.2. The Bertz CT molecular complexity index is 1400. The van der Waals surface area contributed by atoms with Crippen molar-refractivity contribution >= 4 is 50.7 Å². The zero-order valence-electron chi connectivity index (χ0n) is 21.7. The second-order valence-electron chi connectivity index (χ2n) is 9.24. The van der Waals surface area contributed by atoms with Gasteiger partial charge in [0.1, 0.15) is 12.6 Å². The number of nitrogens with one attached hydrogen (secondary N) is 1. The van der Waals surface area contributed by atoms with E-state index in [1.54, 1.807) is 62.4 Å². The molecule has 1 N–H and O–H groups in total. The van der Waals surface area contributed by atoms with Crippen molar-refractivity contribution in [2.75, 3.05) is 10.8 Å². The summed E-state index contributed by atoms with van der Waals surface area (Å²) in [4.78, 5) is 28.2. The van der Waals surface area contributed by atoms with Gasteiger partial charge < -0.3 is 10.2 Å². The molecule has 0 bridgehead atoms. The highest BCUT2D eigenvalue weighted by Crippen LogP contribution is 2.28. The number of halogens is 2. The fourth-order valence-corrected chi connectivity index (χ4v) is 5.73. The number of hydrogen-bond acceptors (Lipinski definition) is 4. The fraction of sp³-hybridized carbons (Fsp3) is 0.286. The maximum absolute atomic E-state index is 13.9. The number of sulfonamides is 1. The summed E-state index contributed by atoms with van der Waals surface area (Å²) in [6, 6.07) is 18.6. The van der Waals surface area contributed by atoms with Crippen molar-refractivity contribution in [1.82, 2.24) is 10.2 Å². The van der Waals surface area contributed by atoms with E-state index in [9.17, 15) is 18.0 Å². The van der Waals surface area contributed by atoms with Crippen molar-refractivity contribution in [3.63, 3.8) is 0 Å². The number of aryl methyl sites for hydroxylation is 1. The Morgan fingerprint density at radius 1 is 0.895 bits per heavy atom. The minimum absolute atomic E-state index is 0.00931. The maximum Gasteiger partial charge on any atom is 0.264 e. The summed E-state index contributed by atoms with van der Waals surface area (Å²) >= 11 is 12.1. The molecular weight excluding hydrogens is 545 g/mol. The highest BCUT2D eigenvalue weighted by atomic mass is 35.5. The van der Waals surface area contributed by atoms with Crippen LogP contribution in [0.25, 0.3) is 0 Å². The van der Waals surface area contributed by atoms with Crippen LogP contribution >= 0.6 is 23.2 Å². The lowest BCUT2D eigenvalue weighted by molar-refractivity contribution is -0.139. The smallest absolute Gasteiger partial charge is 0.264 e. The second kappa shape index (κ2) is 12.7. The molecule has 202 valence electrons. The minimum atomic E-state index is -4.16. The van der Waals surface area contributed by atoms with Crippen LogP contribution in [-0.2, 0) is 26.2 Å². The highest BCUT2D eigenvalue weighted by Gasteiger charge is 2.33. The Labute approximate surface area is 234 Å². The quantitative estimate of drug-likeness (QED) is 0.348. The number of nitrogens with zero attached hydrogens (tertiary/aromatic N) is 2. The molecule has 0 aromatic heterocycles. The molecule has 1 atom stereocenters. The third kappa shape index (κ3) is 7.28. The van der Waals surface area contributed by atoms with Gasteiger partial charge in [0.2, 0.25) is 11.8 Å².